The van der Waals surface area contributed by atoms with E-state index in [-0.39, 0.29) is 23.8 Å². The first-order chi connectivity index (χ1) is 9.45. The summed E-state index contributed by atoms with van der Waals surface area (Å²) in [6.45, 7) is 0.0205. The third-order valence-electron chi connectivity index (χ3n) is 2.99. The molecule has 0 radical (unpaired) electrons. The number of anilines is 1. The van der Waals surface area contributed by atoms with Crippen LogP contribution in [-0.2, 0) is 14.3 Å². The zero-order valence-corrected chi connectivity index (χ0v) is 11.2. The van der Waals surface area contributed by atoms with Crippen LogP contribution in [0.25, 0.3) is 0 Å². The molecule has 1 aliphatic rings. The Kier molecular flexibility index (Phi) is 3.84. The third-order valence-corrected chi connectivity index (χ3v) is 3.27. The van der Waals surface area contributed by atoms with Gasteiger partial charge < -0.3 is 9.64 Å². The maximum Gasteiger partial charge on any atom is 0.329 e. The van der Waals surface area contributed by atoms with E-state index in [1.54, 1.807) is 0 Å². The van der Waals surface area contributed by atoms with Crippen molar-refractivity contribution in [2.75, 3.05) is 18.6 Å². The van der Waals surface area contributed by atoms with E-state index in [9.17, 15) is 19.7 Å². The molecule has 106 valence electrons. The topological polar surface area (TPSA) is 103 Å². The van der Waals surface area contributed by atoms with Gasteiger partial charge in [-0.2, -0.15) is 0 Å². The van der Waals surface area contributed by atoms with Crippen molar-refractivity contribution in [1.29, 1.82) is 0 Å². The fourth-order valence-corrected chi connectivity index (χ4v) is 2.29. The molecule has 0 spiro atoms. The summed E-state index contributed by atoms with van der Waals surface area (Å²) in [6, 6.07) is 1.32. The fourth-order valence-electron chi connectivity index (χ4n) is 2.07. The summed E-state index contributed by atoms with van der Waals surface area (Å²) in [5.74, 6) is -1.56. The van der Waals surface area contributed by atoms with Gasteiger partial charge in [0.2, 0.25) is 11.1 Å². The van der Waals surface area contributed by atoms with Gasteiger partial charge in [0.1, 0.15) is 5.69 Å². The summed E-state index contributed by atoms with van der Waals surface area (Å²) in [6.07, 6.45) is 1.22. The first kappa shape index (κ1) is 14.2. The van der Waals surface area contributed by atoms with Crippen LogP contribution in [0.15, 0.2) is 12.3 Å². The van der Waals surface area contributed by atoms with Gasteiger partial charge in [-0.3, -0.25) is 19.7 Å². The summed E-state index contributed by atoms with van der Waals surface area (Å²) in [5, 5.41) is 10.7. The molecule has 20 heavy (non-hydrogen) atoms. The average Bonchev–Trinajstić information content (AvgIpc) is 2.79. The van der Waals surface area contributed by atoms with Crippen LogP contribution in [0.1, 0.15) is 6.42 Å². The smallest absolute Gasteiger partial charge is 0.329 e. The van der Waals surface area contributed by atoms with Gasteiger partial charge in [-0.05, 0) is 6.07 Å². The molecular formula is C11H10ClN3O5. The fraction of sp³-hybridized carbons (Fsp3) is 0.364. The van der Waals surface area contributed by atoms with E-state index >= 15 is 0 Å². The van der Waals surface area contributed by atoms with Crippen LogP contribution < -0.4 is 4.90 Å². The number of rotatable bonds is 3. The number of methoxy groups -OCH3 is 1. The van der Waals surface area contributed by atoms with Gasteiger partial charge in [-0.25, -0.2) is 4.98 Å². The highest BCUT2D eigenvalue weighted by Crippen LogP contribution is 2.36. The number of aromatic nitrogens is 1. The Morgan fingerprint density at radius 2 is 2.35 bits per heavy atom. The minimum absolute atomic E-state index is 0.0205. The zero-order chi connectivity index (χ0) is 14.9. The van der Waals surface area contributed by atoms with Crippen molar-refractivity contribution in [3.63, 3.8) is 0 Å². The number of nitrogens with zero attached hydrogens (tertiary/aromatic N) is 3. The number of ether oxygens (including phenoxy) is 1. The van der Waals surface area contributed by atoms with Crippen LogP contribution in [0, 0.1) is 16.0 Å². The van der Waals surface area contributed by atoms with Gasteiger partial charge >= 0.3 is 11.7 Å². The molecule has 1 unspecified atom stereocenters. The Morgan fingerprint density at radius 3 is 2.95 bits per heavy atom. The number of pyridine rings is 1. The number of amides is 1. The molecule has 1 aromatic rings. The molecule has 0 saturated carbocycles. The van der Waals surface area contributed by atoms with Crippen molar-refractivity contribution < 1.29 is 19.2 Å². The average molecular weight is 300 g/mol. The van der Waals surface area contributed by atoms with E-state index in [4.69, 9.17) is 11.6 Å². The first-order valence-electron chi connectivity index (χ1n) is 5.62. The van der Waals surface area contributed by atoms with E-state index in [1.807, 2.05) is 0 Å². The molecule has 0 bridgehead atoms. The Labute approximate surface area is 118 Å². The van der Waals surface area contributed by atoms with Crippen molar-refractivity contribution in [2.45, 2.75) is 6.42 Å². The summed E-state index contributed by atoms with van der Waals surface area (Å²) in [5.41, 5.74) is -0.417. The lowest BCUT2D eigenvalue weighted by molar-refractivity contribution is -0.384. The lowest BCUT2D eigenvalue weighted by atomic mass is 10.1. The number of hydrogen-bond acceptors (Lipinski definition) is 6. The molecule has 1 amide bonds. The van der Waals surface area contributed by atoms with Crippen LogP contribution in [0.3, 0.4) is 0 Å². The van der Waals surface area contributed by atoms with Crippen molar-refractivity contribution in [2.24, 2.45) is 5.92 Å². The zero-order valence-electron chi connectivity index (χ0n) is 10.4. The van der Waals surface area contributed by atoms with E-state index in [2.05, 4.69) is 9.72 Å². The molecule has 0 aromatic carbocycles. The number of carbonyl (C=O) groups is 2. The van der Waals surface area contributed by atoms with Gasteiger partial charge in [-0.15, -0.1) is 0 Å². The van der Waals surface area contributed by atoms with Crippen molar-refractivity contribution in [1.82, 2.24) is 4.98 Å². The van der Waals surface area contributed by atoms with Crippen LogP contribution >= 0.6 is 11.6 Å². The highest BCUT2D eigenvalue weighted by molar-refractivity contribution is 6.32. The highest BCUT2D eigenvalue weighted by Gasteiger charge is 2.39. The monoisotopic (exact) mass is 299 g/mol. The maximum atomic E-state index is 11.9. The predicted octanol–water partition coefficient (Wildman–Crippen LogP) is 1.17. The molecule has 0 N–H and O–H groups in total. The number of esters is 1. The molecule has 2 rings (SSSR count). The van der Waals surface area contributed by atoms with Crippen molar-refractivity contribution >= 4 is 34.9 Å². The minimum atomic E-state index is -0.705. The van der Waals surface area contributed by atoms with E-state index in [1.165, 1.54) is 19.4 Å². The van der Waals surface area contributed by atoms with Crippen LogP contribution in [0.4, 0.5) is 11.4 Å². The molecule has 1 atom stereocenters. The van der Waals surface area contributed by atoms with Crippen molar-refractivity contribution in [3.8, 4) is 0 Å². The van der Waals surface area contributed by atoms with E-state index < -0.39 is 28.4 Å². The summed E-state index contributed by atoms with van der Waals surface area (Å²) < 4.78 is 4.58. The lowest BCUT2D eigenvalue weighted by Crippen LogP contribution is -2.27. The van der Waals surface area contributed by atoms with Crippen LogP contribution in [0.2, 0.25) is 5.15 Å². The molecular weight excluding hydrogens is 290 g/mol. The van der Waals surface area contributed by atoms with Gasteiger partial charge in [0, 0.05) is 19.2 Å². The van der Waals surface area contributed by atoms with E-state index in [0.717, 1.165) is 4.90 Å². The van der Waals surface area contributed by atoms with Crippen molar-refractivity contribution in [3.05, 3.63) is 27.5 Å². The summed E-state index contributed by atoms with van der Waals surface area (Å²) in [4.78, 5) is 38.5. The Bertz CT molecular complexity index is 591. The Morgan fingerprint density at radius 1 is 1.65 bits per heavy atom. The quantitative estimate of drug-likeness (QED) is 0.359. The van der Waals surface area contributed by atoms with Gasteiger partial charge in [0.25, 0.3) is 0 Å². The first-order valence-corrected chi connectivity index (χ1v) is 6.00. The molecule has 1 aliphatic heterocycles. The van der Waals surface area contributed by atoms with Crippen LogP contribution in [-0.4, -0.2) is 35.4 Å². The molecule has 1 saturated heterocycles. The van der Waals surface area contributed by atoms with Gasteiger partial charge in [-0.1, -0.05) is 11.6 Å². The Balaban J connectivity index is 2.38. The molecule has 1 aromatic heterocycles. The second-order valence-corrected chi connectivity index (χ2v) is 4.51. The molecule has 0 aliphatic carbocycles. The number of nitro groups is 1. The molecule has 8 nitrogen and oxygen atoms in total. The SMILES string of the molecule is COC(=O)C1CC(=O)N(c2ccnc(Cl)c2[N+](=O)[O-])C1. The number of carbonyl (C=O) groups excluding carboxylic acids is 2. The normalized spacial score (nSPS) is 18.2. The largest absolute Gasteiger partial charge is 0.469 e. The predicted molar refractivity (Wildman–Crippen MR) is 68.4 cm³/mol. The standard InChI is InChI=1S/C11H10ClN3O5/c1-20-11(17)6-4-8(16)14(5-6)7-2-3-13-10(12)9(7)15(18)19/h2-3,6H,4-5H2,1H3. The number of halogens is 1. The maximum absolute atomic E-state index is 11.9. The molecule has 2 heterocycles. The van der Waals surface area contributed by atoms with Gasteiger partial charge in [0.15, 0.2) is 0 Å². The molecule has 1 fully saturated rings. The molecule has 9 heteroatoms. The second-order valence-electron chi connectivity index (χ2n) is 4.16. The van der Waals surface area contributed by atoms with Gasteiger partial charge in [0.05, 0.1) is 18.0 Å². The van der Waals surface area contributed by atoms with Crippen LogP contribution in [0.5, 0.6) is 0 Å². The Hall–Kier alpha value is -2.22. The third kappa shape index (κ3) is 2.42. The summed E-state index contributed by atoms with van der Waals surface area (Å²) in [7, 11) is 1.22. The highest BCUT2D eigenvalue weighted by atomic mass is 35.5. The van der Waals surface area contributed by atoms with E-state index in [0.29, 0.717) is 0 Å². The second kappa shape index (κ2) is 5.41. The number of hydrogen-bond donors (Lipinski definition) is 0. The minimum Gasteiger partial charge on any atom is -0.469 e. The summed E-state index contributed by atoms with van der Waals surface area (Å²) >= 11 is 5.69. The lowest BCUT2D eigenvalue weighted by Gasteiger charge is -2.16.